The molecule has 1 aromatic carbocycles. The molecule has 14 heavy (non-hydrogen) atoms. The van der Waals surface area contributed by atoms with Crippen molar-refractivity contribution in [2.24, 2.45) is 0 Å². The summed E-state index contributed by atoms with van der Waals surface area (Å²) in [6.45, 7) is -0.865. The van der Waals surface area contributed by atoms with Crippen LogP contribution in [0.5, 0.6) is 5.75 Å². The van der Waals surface area contributed by atoms with Crippen LogP contribution in [0.2, 0.25) is 0 Å². The van der Waals surface area contributed by atoms with Gasteiger partial charge in [0.15, 0.2) is 11.6 Å². The first-order valence-corrected chi connectivity index (χ1v) is 3.81. The van der Waals surface area contributed by atoms with E-state index in [2.05, 4.69) is 10.7 Å². The van der Waals surface area contributed by atoms with Crippen LogP contribution in [0.15, 0.2) is 18.2 Å². The highest BCUT2D eigenvalue weighted by Crippen LogP contribution is 2.22. The minimum Gasteiger partial charge on any atom is -0.483 e. The highest BCUT2D eigenvalue weighted by molar-refractivity contribution is 5.45. The maximum atomic E-state index is 13.0. The zero-order chi connectivity index (χ0) is 10.6. The number of halogens is 3. The molecule has 0 saturated heterocycles. The second-order valence-corrected chi connectivity index (χ2v) is 2.46. The van der Waals surface area contributed by atoms with Gasteiger partial charge in [0.25, 0.3) is 6.43 Å². The van der Waals surface area contributed by atoms with E-state index < -0.39 is 18.8 Å². The number of hydrogen-bond acceptors (Lipinski definition) is 1. The first-order chi connectivity index (χ1) is 6.65. The maximum Gasteiger partial charge on any atom is 0.272 e. The topological polar surface area (TPSA) is 9.23 Å². The monoisotopic (exact) mass is 200 g/mol. The van der Waals surface area contributed by atoms with Crippen LogP contribution in [-0.2, 0) is 0 Å². The Balaban J connectivity index is 2.89. The molecule has 0 aliphatic rings. The van der Waals surface area contributed by atoms with E-state index in [1.807, 2.05) is 0 Å². The minimum absolute atomic E-state index is 0.130. The van der Waals surface area contributed by atoms with Crippen molar-refractivity contribution in [3.63, 3.8) is 0 Å². The van der Waals surface area contributed by atoms with Crippen LogP contribution in [0.1, 0.15) is 5.56 Å². The van der Waals surface area contributed by atoms with Gasteiger partial charge in [0, 0.05) is 0 Å². The molecule has 0 amide bonds. The van der Waals surface area contributed by atoms with Gasteiger partial charge in [-0.3, -0.25) is 0 Å². The summed E-state index contributed by atoms with van der Waals surface area (Å²) in [4.78, 5) is 0. The molecule has 1 rings (SSSR count). The van der Waals surface area contributed by atoms with Crippen molar-refractivity contribution >= 4 is 0 Å². The Hall–Kier alpha value is -1.63. The van der Waals surface area contributed by atoms with Crippen molar-refractivity contribution in [3.8, 4) is 18.1 Å². The number of rotatable bonds is 3. The Bertz CT molecular complexity index is 355. The Morgan fingerprint density at radius 2 is 2.14 bits per heavy atom. The smallest absolute Gasteiger partial charge is 0.272 e. The van der Waals surface area contributed by atoms with Crippen LogP contribution in [0.4, 0.5) is 13.2 Å². The third kappa shape index (κ3) is 2.43. The van der Waals surface area contributed by atoms with Gasteiger partial charge in [0.05, 0.1) is 5.56 Å². The van der Waals surface area contributed by atoms with Crippen molar-refractivity contribution < 1.29 is 17.9 Å². The van der Waals surface area contributed by atoms with E-state index in [1.54, 1.807) is 0 Å². The van der Waals surface area contributed by atoms with Gasteiger partial charge in [-0.2, -0.15) is 0 Å². The molecule has 0 heterocycles. The van der Waals surface area contributed by atoms with Crippen LogP contribution in [0.3, 0.4) is 0 Å². The van der Waals surface area contributed by atoms with E-state index in [1.165, 1.54) is 12.1 Å². The molecular formula is C10H7F3O. The summed E-state index contributed by atoms with van der Waals surface area (Å²) in [6.07, 6.45) is 2.39. The predicted molar refractivity (Wildman–Crippen MR) is 45.8 cm³/mol. The van der Waals surface area contributed by atoms with Gasteiger partial charge in [-0.15, -0.1) is 6.42 Å². The summed E-state index contributed by atoms with van der Waals surface area (Å²) in [5.74, 6) is 1.12. The largest absolute Gasteiger partial charge is 0.483 e. The van der Waals surface area contributed by atoms with Gasteiger partial charge in [-0.05, 0) is 12.1 Å². The van der Waals surface area contributed by atoms with E-state index in [0.717, 1.165) is 6.07 Å². The second-order valence-electron chi connectivity index (χ2n) is 2.46. The lowest BCUT2D eigenvalue weighted by Gasteiger charge is -2.08. The fourth-order valence-corrected chi connectivity index (χ4v) is 0.916. The predicted octanol–water partition coefficient (Wildman–Crippen LogP) is 2.45. The molecule has 0 radical (unpaired) electrons. The maximum absolute atomic E-state index is 13.0. The number of hydrogen-bond donors (Lipinski definition) is 0. The van der Waals surface area contributed by atoms with Crippen molar-refractivity contribution in [2.45, 2.75) is 6.43 Å². The summed E-state index contributed by atoms with van der Waals surface area (Å²) in [7, 11) is 0. The fourth-order valence-electron chi connectivity index (χ4n) is 0.916. The molecule has 0 atom stereocenters. The highest BCUT2D eigenvalue weighted by atomic mass is 19.3. The molecule has 1 nitrogen and oxygen atoms in total. The Morgan fingerprint density at radius 1 is 1.43 bits per heavy atom. The Morgan fingerprint density at radius 3 is 2.71 bits per heavy atom. The first-order valence-electron chi connectivity index (χ1n) is 3.81. The standard InChI is InChI=1S/C10H7F3O/c1-2-7-4-3-5-8(11)10(7)14-6-9(12)13/h1,3-5,9H,6H2. The molecule has 0 saturated carbocycles. The molecule has 0 bridgehead atoms. The van der Waals surface area contributed by atoms with Gasteiger partial charge < -0.3 is 4.74 Å². The molecule has 4 heteroatoms. The first kappa shape index (κ1) is 10.5. The average Bonchev–Trinajstić information content (AvgIpc) is 2.15. The van der Waals surface area contributed by atoms with Gasteiger partial charge in [-0.1, -0.05) is 12.0 Å². The Kier molecular flexibility index (Phi) is 3.41. The van der Waals surface area contributed by atoms with Crippen molar-refractivity contribution in [1.82, 2.24) is 0 Å². The third-order valence-electron chi connectivity index (χ3n) is 1.48. The van der Waals surface area contributed by atoms with E-state index in [9.17, 15) is 13.2 Å². The van der Waals surface area contributed by atoms with Crippen molar-refractivity contribution in [2.75, 3.05) is 6.61 Å². The molecule has 0 N–H and O–H groups in total. The summed E-state index contributed by atoms with van der Waals surface area (Å²) in [5.41, 5.74) is 0.130. The van der Waals surface area contributed by atoms with Crippen LogP contribution in [0.25, 0.3) is 0 Å². The van der Waals surface area contributed by atoms with Crippen LogP contribution in [-0.4, -0.2) is 13.0 Å². The summed E-state index contributed by atoms with van der Waals surface area (Å²) in [5, 5.41) is 0. The van der Waals surface area contributed by atoms with E-state index in [4.69, 9.17) is 6.42 Å². The Labute approximate surface area is 79.5 Å². The zero-order valence-corrected chi connectivity index (χ0v) is 7.14. The molecule has 1 aromatic rings. The van der Waals surface area contributed by atoms with Crippen LogP contribution >= 0.6 is 0 Å². The van der Waals surface area contributed by atoms with Gasteiger partial charge in [0.1, 0.15) is 6.61 Å². The third-order valence-corrected chi connectivity index (χ3v) is 1.48. The number of alkyl halides is 2. The lowest BCUT2D eigenvalue weighted by atomic mass is 10.2. The fraction of sp³-hybridized carbons (Fsp3) is 0.200. The number of para-hydroxylation sites is 1. The lowest BCUT2D eigenvalue weighted by molar-refractivity contribution is 0.0798. The van der Waals surface area contributed by atoms with Crippen LogP contribution < -0.4 is 4.74 Å². The minimum atomic E-state index is -2.65. The number of benzene rings is 1. The number of terminal acetylenes is 1. The molecule has 0 spiro atoms. The summed E-state index contributed by atoms with van der Waals surface area (Å²) >= 11 is 0. The van der Waals surface area contributed by atoms with Crippen molar-refractivity contribution in [3.05, 3.63) is 29.6 Å². The molecule has 0 fully saturated rings. The highest BCUT2D eigenvalue weighted by Gasteiger charge is 2.10. The summed E-state index contributed by atoms with van der Waals surface area (Å²) < 4.78 is 41.2. The molecular weight excluding hydrogens is 193 g/mol. The van der Waals surface area contributed by atoms with E-state index in [0.29, 0.717) is 0 Å². The molecule has 74 valence electrons. The van der Waals surface area contributed by atoms with Crippen molar-refractivity contribution in [1.29, 1.82) is 0 Å². The molecule has 0 aliphatic heterocycles. The number of ether oxygens (including phenoxy) is 1. The van der Waals surface area contributed by atoms with Gasteiger partial charge in [0.2, 0.25) is 0 Å². The molecule has 0 unspecified atom stereocenters. The molecule has 0 aliphatic carbocycles. The second kappa shape index (κ2) is 4.56. The molecule has 0 aromatic heterocycles. The van der Waals surface area contributed by atoms with E-state index in [-0.39, 0.29) is 11.3 Å². The van der Waals surface area contributed by atoms with Gasteiger partial charge >= 0.3 is 0 Å². The SMILES string of the molecule is C#Cc1cccc(F)c1OCC(F)F. The van der Waals surface area contributed by atoms with Gasteiger partial charge in [-0.25, -0.2) is 13.2 Å². The summed E-state index contributed by atoms with van der Waals surface area (Å²) in [6, 6.07) is 3.91. The van der Waals surface area contributed by atoms with E-state index >= 15 is 0 Å². The lowest BCUT2D eigenvalue weighted by Crippen LogP contribution is -2.09. The van der Waals surface area contributed by atoms with Crippen LogP contribution in [0, 0.1) is 18.2 Å². The average molecular weight is 200 g/mol. The quantitative estimate of drug-likeness (QED) is 0.681. The zero-order valence-electron chi connectivity index (χ0n) is 7.14. The normalized spacial score (nSPS) is 9.93.